The van der Waals surface area contributed by atoms with Crippen LogP contribution < -0.4 is 20.1 Å². The van der Waals surface area contributed by atoms with Crippen LogP contribution in [-0.4, -0.2) is 40.4 Å². The van der Waals surface area contributed by atoms with Gasteiger partial charge in [0, 0.05) is 27.2 Å². The van der Waals surface area contributed by atoms with Crippen molar-refractivity contribution in [1.82, 2.24) is 10.6 Å². The summed E-state index contributed by atoms with van der Waals surface area (Å²) in [6.45, 7) is 2.51. The third-order valence-corrected chi connectivity index (χ3v) is 3.78. The highest BCUT2D eigenvalue weighted by atomic mass is 127. The SMILES string of the molecule is CN=C(NCc1ccc(OC)cc1)NCc1ccc(OCCOC)cc1.I. The number of methoxy groups -OCH3 is 2. The van der Waals surface area contributed by atoms with Crippen LogP contribution in [0, 0.1) is 0 Å². The lowest BCUT2D eigenvalue weighted by Gasteiger charge is -2.13. The molecule has 2 N–H and O–H groups in total. The highest BCUT2D eigenvalue weighted by molar-refractivity contribution is 14.0. The van der Waals surface area contributed by atoms with Crippen molar-refractivity contribution < 1.29 is 14.2 Å². The van der Waals surface area contributed by atoms with Crippen molar-refractivity contribution >= 4 is 29.9 Å². The first-order valence-corrected chi connectivity index (χ1v) is 8.53. The van der Waals surface area contributed by atoms with Gasteiger partial charge in [0.1, 0.15) is 18.1 Å². The summed E-state index contributed by atoms with van der Waals surface area (Å²) < 4.78 is 15.7. The van der Waals surface area contributed by atoms with E-state index in [1.165, 1.54) is 0 Å². The zero-order valence-corrected chi connectivity index (χ0v) is 18.4. The molecule has 7 heteroatoms. The summed E-state index contributed by atoms with van der Waals surface area (Å²) in [5.74, 6) is 2.44. The van der Waals surface area contributed by atoms with Crippen LogP contribution in [0.3, 0.4) is 0 Å². The molecule has 0 aliphatic rings. The molecule has 0 saturated heterocycles. The van der Waals surface area contributed by atoms with E-state index in [0.717, 1.165) is 28.6 Å². The first-order valence-electron chi connectivity index (χ1n) is 8.53. The lowest BCUT2D eigenvalue weighted by atomic mass is 10.2. The highest BCUT2D eigenvalue weighted by Crippen LogP contribution is 2.12. The quantitative estimate of drug-likeness (QED) is 0.247. The van der Waals surface area contributed by atoms with Gasteiger partial charge < -0.3 is 24.8 Å². The summed E-state index contributed by atoms with van der Waals surface area (Å²) in [6, 6.07) is 15.9. The standard InChI is InChI=1S/C20H27N3O3.HI/c1-21-20(22-14-16-4-8-18(25-3)9-5-16)23-15-17-6-10-19(11-7-17)26-13-12-24-2;/h4-11H,12-15H2,1-3H3,(H2,21,22,23);1H. The molecule has 0 aliphatic heterocycles. The van der Waals surface area contributed by atoms with Gasteiger partial charge in [0.05, 0.1) is 13.7 Å². The molecule has 2 rings (SSSR count). The molecular formula is C20H28IN3O3. The van der Waals surface area contributed by atoms with Crippen LogP contribution in [0.1, 0.15) is 11.1 Å². The number of hydrogen-bond donors (Lipinski definition) is 2. The molecule has 27 heavy (non-hydrogen) atoms. The van der Waals surface area contributed by atoms with E-state index < -0.39 is 0 Å². The van der Waals surface area contributed by atoms with Crippen LogP contribution in [0.15, 0.2) is 53.5 Å². The topological polar surface area (TPSA) is 64.1 Å². The molecule has 0 unspecified atom stereocenters. The number of aliphatic imine (C=N–C) groups is 1. The van der Waals surface area contributed by atoms with E-state index in [0.29, 0.717) is 26.3 Å². The Balaban J connectivity index is 0.00000364. The number of nitrogens with one attached hydrogen (secondary N) is 2. The van der Waals surface area contributed by atoms with E-state index in [1.54, 1.807) is 21.3 Å². The summed E-state index contributed by atoms with van der Waals surface area (Å²) in [4.78, 5) is 4.25. The van der Waals surface area contributed by atoms with Gasteiger partial charge in [-0.15, -0.1) is 24.0 Å². The largest absolute Gasteiger partial charge is 0.497 e. The Hall–Kier alpha value is -2.00. The van der Waals surface area contributed by atoms with Crippen LogP contribution in [0.2, 0.25) is 0 Å². The minimum absolute atomic E-state index is 0. The lowest BCUT2D eigenvalue weighted by molar-refractivity contribution is 0.146. The molecule has 0 aliphatic carbocycles. The van der Waals surface area contributed by atoms with E-state index in [2.05, 4.69) is 15.6 Å². The summed E-state index contributed by atoms with van der Waals surface area (Å²) in [5.41, 5.74) is 2.31. The molecule has 0 atom stereocenters. The first-order chi connectivity index (χ1) is 12.7. The molecule has 0 fully saturated rings. The van der Waals surface area contributed by atoms with Gasteiger partial charge in [0.15, 0.2) is 5.96 Å². The summed E-state index contributed by atoms with van der Waals surface area (Å²) in [7, 11) is 5.08. The molecule has 6 nitrogen and oxygen atoms in total. The number of rotatable bonds is 9. The van der Waals surface area contributed by atoms with Crippen molar-refractivity contribution in [1.29, 1.82) is 0 Å². The molecule has 148 valence electrons. The van der Waals surface area contributed by atoms with Crippen LogP contribution >= 0.6 is 24.0 Å². The predicted octanol–water partition coefficient (Wildman–Crippen LogP) is 3.20. The number of ether oxygens (including phenoxy) is 3. The molecule has 0 radical (unpaired) electrons. The normalized spacial score (nSPS) is 10.7. The zero-order valence-electron chi connectivity index (χ0n) is 16.0. The number of guanidine groups is 1. The minimum Gasteiger partial charge on any atom is -0.497 e. The van der Waals surface area contributed by atoms with Gasteiger partial charge in [-0.2, -0.15) is 0 Å². The van der Waals surface area contributed by atoms with Crippen molar-refractivity contribution in [2.24, 2.45) is 4.99 Å². The van der Waals surface area contributed by atoms with E-state index in [9.17, 15) is 0 Å². The molecule has 0 spiro atoms. The second kappa shape index (κ2) is 13.2. The summed E-state index contributed by atoms with van der Waals surface area (Å²) in [6.07, 6.45) is 0. The molecule has 0 heterocycles. The van der Waals surface area contributed by atoms with E-state index >= 15 is 0 Å². The Kier molecular flexibility index (Phi) is 11.3. The third kappa shape index (κ3) is 8.49. The van der Waals surface area contributed by atoms with Crippen molar-refractivity contribution in [3.63, 3.8) is 0 Å². The Bertz CT molecular complexity index is 676. The Morgan fingerprint density at radius 3 is 1.78 bits per heavy atom. The van der Waals surface area contributed by atoms with Gasteiger partial charge in [-0.25, -0.2) is 0 Å². The monoisotopic (exact) mass is 485 g/mol. The zero-order chi connectivity index (χ0) is 18.6. The van der Waals surface area contributed by atoms with Gasteiger partial charge in [-0.05, 0) is 35.4 Å². The Labute approximate surface area is 178 Å². The van der Waals surface area contributed by atoms with E-state index in [4.69, 9.17) is 14.2 Å². The first kappa shape index (κ1) is 23.0. The summed E-state index contributed by atoms with van der Waals surface area (Å²) in [5, 5.41) is 6.60. The molecule has 0 amide bonds. The molecule has 0 saturated carbocycles. The number of halogens is 1. The fourth-order valence-electron chi connectivity index (χ4n) is 2.28. The van der Waals surface area contributed by atoms with Crippen molar-refractivity contribution in [3.05, 3.63) is 59.7 Å². The second-order valence-corrected chi connectivity index (χ2v) is 5.61. The van der Waals surface area contributed by atoms with Gasteiger partial charge in [0.25, 0.3) is 0 Å². The molecule has 2 aromatic carbocycles. The molecular weight excluding hydrogens is 457 g/mol. The fourth-order valence-corrected chi connectivity index (χ4v) is 2.28. The smallest absolute Gasteiger partial charge is 0.191 e. The number of nitrogens with zero attached hydrogens (tertiary/aromatic N) is 1. The minimum atomic E-state index is 0. The maximum Gasteiger partial charge on any atom is 0.191 e. The van der Waals surface area contributed by atoms with Crippen LogP contribution in [0.4, 0.5) is 0 Å². The molecule has 2 aromatic rings. The molecule has 0 bridgehead atoms. The second-order valence-electron chi connectivity index (χ2n) is 5.61. The number of hydrogen-bond acceptors (Lipinski definition) is 4. The average molecular weight is 485 g/mol. The average Bonchev–Trinajstić information content (AvgIpc) is 2.70. The van der Waals surface area contributed by atoms with Gasteiger partial charge in [-0.3, -0.25) is 4.99 Å². The summed E-state index contributed by atoms with van der Waals surface area (Å²) >= 11 is 0. The predicted molar refractivity (Wildman–Crippen MR) is 119 cm³/mol. The lowest BCUT2D eigenvalue weighted by Crippen LogP contribution is -2.36. The van der Waals surface area contributed by atoms with E-state index in [1.807, 2.05) is 48.5 Å². The van der Waals surface area contributed by atoms with Crippen LogP contribution in [0.25, 0.3) is 0 Å². The molecule has 0 aromatic heterocycles. The van der Waals surface area contributed by atoms with Crippen LogP contribution in [-0.2, 0) is 17.8 Å². The fraction of sp³-hybridized carbons (Fsp3) is 0.350. The van der Waals surface area contributed by atoms with Gasteiger partial charge in [0.2, 0.25) is 0 Å². The maximum absolute atomic E-state index is 5.56. The van der Waals surface area contributed by atoms with Crippen molar-refractivity contribution in [2.75, 3.05) is 34.5 Å². The van der Waals surface area contributed by atoms with Crippen LogP contribution in [0.5, 0.6) is 11.5 Å². The number of benzene rings is 2. The van der Waals surface area contributed by atoms with E-state index in [-0.39, 0.29) is 24.0 Å². The third-order valence-electron chi connectivity index (χ3n) is 3.78. The highest BCUT2D eigenvalue weighted by Gasteiger charge is 2.01. The van der Waals surface area contributed by atoms with Gasteiger partial charge in [-0.1, -0.05) is 24.3 Å². The van der Waals surface area contributed by atoms with Crippen molar-refractivity contribution in [2.45, 2.75) is 13.1 Å². The van der Waals surface area contributed by atoms with Crippen molar-refractivity contribution in [3.8, 4) is 11.5 Å². The maximum atomic E-state index is 5.56. The Morgan fingerprint density at radius 2 is 1.33 bits per heavy atom. The Morgan fingerprint density at radius 1 is 0.815 bits per heavy atom. The van der Waals surface area contributed by atoms with Gasteiger partial charge >= 0.3 is 0 Å².